The Labute approximate surface area is 78.0 Å². The molecule has 1 heterocycles. The van der Waals surface area contributed by atoms with Crippen molar-refractivity contribution in [2.24, 2.45) is 0 Å². The molecule has 2 rings (SSSR count). The highest BCUT2D eigenvalue weighted by Crippen LogP contribution is 2.27. The number of aryl methyl sites for hydroxylation is 1. The quantitative estimate of drug-likeness (QED) is 0.644. The zero-order valence-corrected chi connectivity index (χ0v) is 8.02. The maximum Gasteiger partial charge on any atom is 0.126 e. The number of hydrogen-bond acceptors (Lipinski definition) is 1. The van der Waals surface area contributed by atoms with Crippen LogP contribution in [0.1, 0.15) is 29.7 Å². The number of hydrogen-bond donors (Lipinski definition) is 1. The molecular weight excluding hydrogens is 165 g/mol. The van der Waals surface area contributed by atoms with Gasteiger partial charge in [-0.05, 0) is 49.6 Å². The van der Waals surface area contributed by atoms with Gasteiger partial charge in [-0.3, -0.25) is 0 Å². The van der Waals surface area contributed by atoms with Gasteiger partial charge < -0.3 is 5.32 Å². The van der Waals surface area contributed by atoms with Crippen LogP contribution in [0.3, 0.4) is 0 Å². The summed E-state index contributed by atoms with van der Waals surface area (Å²) >= 11 is 0. The Morgan fingerprint density at radius 2 is 2.23 bits per heavy atom. The fourth-order valence-corrected chi connectivity index (χ4v) is 2.13. The molecule has 0 bridgehead atoms. The molecule has 0 aliphatic carbocycles. The summed E-state index contributed by atoms with van der Waals surface area (Å²) in [6.07, 6.45) is 0.813. The molecule has 1 aromatic rings. The minimum atomic E-state index is -0.0473. The van der Waals surface area contributed by atoms with E-state index in [4.69, 9.17) is 0 Å². The first kappa shape index (κ1) is 8.70. The highest BCUT2D eigenvalue weighted by atomic mass is 19.1. The van der Waals surface area contributed by atoms with Crippen molar-refractivity contribution < 1.29 is 4.39 Å². The number of nitrogens with one attached hydrogen (secondary N) is 1. The van der Waals surface area contributed by atoms with Crippen molar-refractivity contribution in [3.63, 3.8) is 0 Å². The number of fused-ring (bicyclic) bond motifs is 1. The topological polar surface area (TPSA) is 12.0 Å². The normalized spacial score (nSPS) is 21.3. The predicted octanol–water partition coefficient (Wildman–Crippen LogP) is 2.34. The van der Waals surface area contributed by atoms with E-state index in [0.717, 1.165) is 24.1 Å². The first-order chi connectivity index (χ1) is 6.20. The molecule has 0 amide bonds. The molecule has 0 saturated heterocycles. The molecule has 70 valence electrons. The van der Waals surface area contributed by atoms with E-state index < -0.39 is 0 Å². The van der Waals surface area contributed by atoms with Crippen LogP contribution in [0.15, 0.2) is 12.1 Å². The van der Waals surface area contributed by atoms with Gasteiger partial charge in [0.1, 0.15) is 5.82 Å². The van der Waals surface area contributed by atoms with Gasteiger partial charge >= 0.3 is 0 Å². The molecule has 2 heteroatoms. The zero-order valence-electron chi connectivity index (χ0n) is 8.02. The lowest BCUT2D eigenvalue weighted by Crippen LogP contribution is -2.29. The molecule has 1 N–H and O–H groups in total. The molecule has 1 atom stereocenters. The van der Waals surface area contributed by atoms with Crippen LogP contribution in [0.4, 0.5) is 4.39 Å². The zero-order chi connectivity index (χ0) is 9.42. The Morgan fingerprint density at radius 3 is 2.92 bits per heavy atom. The van der Waals surface area contributed by atoms with E-state index in [1.165, 1.54) is 5.56 Å². The Kier molecular flexibility index (Phi) is 2.08. The Bertz CT molecular complexity index is 333. The summed E-state index contributed by atoms with van der Waals surface area (Å²) in [5.74, 6) is -0.0473. The standard InChI is InChI=1S/C11H14FN/c1-7-3-4-10(12)9-5-6-13-8(2)11(7)9/h3-4,8,13H,5-6H2,1-2H3/t8-/m0/s1. The number of halogens is 1. The van der Waals surface area contributed by atoms with Crippen LogP contribution in [0.25, 0.3) is 0 Å². The number of rotatable bonds is 0. The maximum absolute atomic E-state index is 13.4. The number of benzene rings is 1. The highest BCUT2D eigenvalue weighted by molar-refractivity contribution is 5.39. The van der Waals surface area contributed by atoms with E-state index in [0.29, 0.717) is 6.04 Å². The molecule has 0 radical (unpaired) electrons. The van der Waals surface area contributed by atoms with Crippen molar-refractivity contribution in [1.82, 2.24) is 5.32 Å². The van der Waals surface area contributed by atoms with Crippen molar-refractivity contribution in [2.45, 2.75) is 26.3 Å². The van der Waals surface area contributed by atoms with Crippen LogP contribution >= 0.6 is 0 Å². The SMILES string of the molecule is Cc1ccc(F)c2c1[C@H](C)NCC2. The van der Waals surface area contributed by atoms with Gasteiger partial charge in [0, 0.05) is 6.04 Å². The fraction of sp³-hybridized carbons (Fsp3) is 0.455. The summed E-state index contributed by atoms with van der Waals surface area (Å²) in [6, 6.07) is 3.73. The third-order valence-corrected chi connectivity index (χ3v) is 2.78. The van der Waals surface area contributed by atoms with Crippen LogP contribution < -0.4 is 5.32 Å². The molecule has 1 aliphatic heterocycles. The van der Waals surface area contributed by atoms with E-state index in [-0.39, 0.29) is 5.82 Å². The lowest BCUT2D eigenvalue weighted by Gasteiger charge is -2.26. The minimum Gasteiger partial charge on any atom is -0.310 e. The van der Waals surface area contributed by atoms with Gasteiger partial charge in [0.15, 0.2) is 0 Å². The first-order valence-electron chi connectivity index (χ1n) is 4.71. The summed E-state index contributed by atoms with van der Waals surface area (Å²) in [5, 5.41) is 3.34. The van der Waals surface area contributed by atoms with Crippen LogP contribution in [-0.4, -0.2) is 6.54 Å². The Morgan fingerprint density at radius 1 is 1.46 bits per heavy atom. The lowest BCUT2D eigenvalue weighted by molar-refractivity contribution is 0.510. The average molecular weight is 179 g/mol. The van der Waals surface area contributed by atoms with Crippen molar-refractivity contribution in [1.29, 1.82) is 0 Å². The third kappa shape index (κ3) is 1.35. The summed E-state index contributed by atoms with van der Waals surface area (Å²) in [6.45, 7) is 5.01. The van der Waals surface area contributed by atoms with Gasteiger partial charge in [0.2, 0.25) is 0 Å². The molecule has 1 aromatic carbocycles. The molecule has 0 spiro atoms. The first-order valence-corrected chi connectivity index (χ1v) is 4.71. The van der Waals surface area contributed by atoms with Crippen LogP contribution in [0.5, 0.6) is 0 Å². The van der Waals surface area contributed by atoms with Gasteiger partial charge in [-0.25, -0.2) is 4.39 Å². The van der Waals surface area contributed by atoms with Gasteiger partial charge in [-0.1, -0.05) is 6.07 Å². The van der Waals surface area contributed by atoms with E-state index >= 15 is 0 Å². The average Bonchev–Trinajstić information content (AvgIpc) is 2.12. The summed E-state index contributed by atoms with van der Waals surface area (Å²) < 4.78 is 13.4. The van der Waals surface area contributed by atoms with Crippen LogP contribution in [0, 0.1) is 12.7 Å². The van der Waals surface area contributed by atoms with E-state index in [1.807, 2.05) is 13.0 Å². The molecular formula is C11H14FN. The predicted molar refractivity (Wildman–Crippen MR) is 51.3 cm³/mol. The lowest BCUT2D eigenvalue weighted by atomic mass is 9.91. The minimum absolute atomic E-state index is 0.0473. The largest absolute Gasteiger partial charge is 0.310 e. The molecule has 1 nitrogen and oxygen atoms in total. The second kappa shape index (κ2) is 3.11. The summed E-state index contributed by atoms with van der Waals surface area (Å²) in [5.41, 5.74) is 3.26. The maximum atomic E-state index is 13.4. The van der Waals surface area contributed by atoms with Crippen LogP contribution in [0.2, 0.25) is 0 Å². The van der Waals surface area contributed by atoms with E-state index in [1.54, 1.807) is 6.07 Å². The highest BCUT2D eigenvalue weighted by Gasteiger charge is 2.20. The van der Waals surface area contributed by atoms with E-state index in [9.17, 15) is 4.39 Å². The Balaban J connectivity index is 2.60. The second-order valence-electron chi connectivity index (χ2n) is 3.68. The van der Waals surface area contributed by atoms with Gasteiger partial charge in [-0.15, -0.1) is 0 Å². The van der Waals surface area contributed by atoms with Crippen molar-refractivity contribution >= 4 is 0 Å². The molecule has 13 heavy (non-hydrogen) atoms. The van der Waals surface area contributed by atoms with Crippen molar-refractivity contribution in [3.8, 4) is 0 Å². The smallest absolute Gasteiger partial charge is 0.126 e. The molecule has 0 saturated carbocycles. The summed E-state index contributed by atoms with van der Waals surface area (Å²) in [7, 11) is 0. The fourth-order valence-electron chi connectivity index (χ4n) is 2.13. The Hall–Kier alpha value is -0.890. The monoisotopic (exact) mass is 179 g/mol. The molecule has 0 fully saturated rings. The van der Waals surface area contributed by atoms with Gasteiger partial charge in [0.25, 0.3) is 0 Å². The summed E-state index contributed by atoms with van der Waals surface area (Å²) in [4.78, 5) is 0. The van der Waals surface area contributed by atoms with Crippen LogP contribution in [-0.2, 0) is 6.42 Å². The van der Waals surface area contributed by atoms with Gasteiger partial charge in [0.05, 0.1) is 0 Å². The van der Waals surface area contributed by atoms with Crippen molar-refractivity contribution in [3.05, 3.63) is 34.6 Å². The molecule has 0 aromatic heterocycles. The van der Waals surface area contributed by atoms with E-state index in [2.05, 4.69) is 12.2 Å². The van der Waals surface area contributed by atoms with Crippen molar-refractivity contribution in [2.75, 3.05) is 6.54 Å². The molecule has 1 aliphatic rings. The van der Waals surface area contributed by atoms with Gasteiger partial charge in [-0.2, -0.15) is 0 Å². The third-order valence-electron chi connectivity index (χ3n) is 2.78. The molecule has 0 unspecified atom stereocenters. The second-order valence-corrected chi connectivity index (χ2v) is 3.68.